The van der Waals surface area contributed by atoms with E-state index < -0.39 is 29.4 Å². The van der Waals surface area contributed by atoms with E-state index >= 15 is 0 Å². The topological polar surface area (TPSA) is 49.3 Å². The molecule has 0 aliphatic carbocycles. The number of anilines is 1. The van der Waals surface area contributed by atoms with E-state index in [4.69, 9.17) is 5.11 Å². The molecule has 1 aromatic rings. The molecule has 0 spiro atoms. The number of alkyl halides is 3. The van der Waals surface area contributed by atoms with Crippen molar-refractivity contribution >= 4 is 11.7 Å². The number of carboxylic acid groups (broad SMARTS) is 1. The summed E-state index contributed by atoms with van der Waals surface area (Å²) in [6.45, 7) is 1.36. The van der Waals surface area contributed by atoms with Gasteiger partial charge in [-0.25, -0.2) is 4.39 Å². The maximum Gasteiger partial charge on any atom is 0.419 e. The first-order valence-corrected chi connectivity index (χ1v) is 5.05. The van der Waals surface area contributed by atoms with Crippen LogP contribution in [-0.4, -0.2) is 17.6 Å². The van der Waals surface area contributed by atoms with Crippen LogP contribution in [0.1, 0.15) is 12.5 Å². The Bertz CT molecular complexity index is 445. The highest BCUT2D eigenvalue weighted by atomic mass is 19.4. The van der Waals surface area contributed by atoms with Crippen molar-refractivity contribution in [3.8, 4) is 0 Å². The van der Waals surface area contributed by atoms with Gasteiger partial charge < -0.3 is 10.4 Å². The highest BCUT2D eigenvalue weighted by molar-refractivity contribution is 5.70. The monoisotopic (exact) mass is 265 g/mol. The van der Waals surface area contributed by atoms with Crippen molar-refractivity contribution < 1.29 is 27.5 Å². The minimum Gasteiger partial charge on any atom is -0.481 e. The van der Waals surface area contributed by atoms with Gasteiger partial charge in [0.05, 0.1) is 11.5 Å². The van der Waals surface area contributed by atoms with Gasteiger partial charge in [-0.05, 0) is 18.2 Å². The average molecular weight is 265 g/mol. The number of hydrogen-bond donors (Lipinski definition) is 2. The molecule has 1 rings (SSSR count). The van der Waals surface area contributed by atoms with Crippen molar-refractivity contribution in [3.63, 3.8) is 0 Å². The van der Waals surface area contributed by atoms with Gasteiger partial charge >= 0.3 is 12.1 Å². The fourth-order valence-corrected chi connectivity index (χ4v) is 1.21. The van der Waals surface area contributed by atoms with Gasteiger partial charge in [-0.2, -0.15) is 13.2 Å². The number of benzene rings is 1. The Labute approximate surface area is 100 Å². The van der Waals surface area contributed by atoms with Crippen LogP contribution in [0.25, 0.3) is 0 Å². The molecular weight excluding hydrogens is 254 g/mol. The van der Waals surface area contributed by atoms with Crippen molar-refractivity contribution in [3.05, 3.63) is 29.6 Å². The Morgan fingerprint density at radius 3 is 2.56 bits per heavy atom. The van der Waals surface area contributed by atoms with Gasteiger partial charge in [0.1, 0.15) is 5.82 Å². The predicted octanol–water partition coefficient (Wildman–Crippen LogP) is 2.98. The molecule has 0 heterocycles. The fourth-order valence-electron chi connectivity index (χ4n) is 1.21. The molecule has 100 valence electrons. The number of rotatable bonds is 4. The normalized spacial score (nSPS) is 13.2. The summed E-state index contributed by atoms with van der Waals surface area (Å²) in [5.74, 6) is -3.19. The fraction of sp³-hybridized carbons (Fsp3) is 0.364. The Balaban J connectivity index is 2.83. The van der Waals surface area contributed by atoms with Gasteiger partial charge in [-0.1, -0.05) is 6.92 Å². The molecule has 0 bridgehead atoms. The molecule has 0 amide bonds. The van der Waals surface area contributed by atoms with E-state index in [0.29, 0.717) is 12.1 Å². The van der Waals surface area contributed by atoms with E-state index in [1.54, 1.807) is 0 Å². The second-order valence-electron chi connectivity index (χ2n) is 3.81. The number of hydrogen-bond acceptors (Lipinski definition) is 2. The highest BCUT2D eigenvalue weighted by Gasteiger charge is 2.34. The number of nitrogens with one attached hydrogen (secondary N) is 1. The molecule has 7 heteroatoms. The molecule has 0 saturated carbocycles. The van der Waals surface area contributed by atoms with Crippen LogP contribution < -0.4 is 5.32 Å². The van der Waals surface area contributed by atoms with E-state index in [2.05, 4.69) is 5.32 Å². The van der Waals surface area contributed by atoms with Crippen molar-refractivity contribution in [2.24, 2.45) is 5.92 Å². The molecule has 0 radical (unpaired) electrons. The minimum atomic E-state index is -4.78. The van der Waals surface area contributed by atoms with E-state index in [9.17, 15) is 22.4 Å². The predicted molar refractivity (Wildman–Crippen MR) is 56.7 cm³/mol. The third-order valence-corrected chi connectivity index (χ3v) is 2.31. The average Bonchev–Trinajstić information content (AvgIpc) is 2.25. The Morgan fingerprint density at radius 2 is 2.06 bits per heavy atom. The van der Waals surface area contributed by atoms with Gasteiger partial charge in [0.2, 0.25) is 0 Å². The Kier molecular flexibility index (Phi) is 4.15. The van der Waals surface area contributed by atoms with Gasteiger partial charge in [-0.3, -0.25) is 4.79 Å². The van der Waals surface area contributed by atoms with Crippen LogP contribution in [0, 0.1) is 11.7 Å². The van der Waals surface area contributed by atoms with Crippen LogP contribution >= 0.6 is 0 Å². The third kappa shape index (κ3) is 3.61. The molecule has 1 unspecified atom stereocenters. The van der Waals surface area contributed by atoms with Gasteiger partial charge in [-0.15, -0.1) is 0 Å². The molecule has 0 fully saturated rings. The van der Waals surface area contributed by atoms with Crippen molar-refractivity contribution in [2.45, 2.75) is 13.1 Å². The number of halogens is 4. The maximum absolute atomic E-state index is 13.0. The Hall–Kier alpha value is -1.79. The molecule has 0 saturated heterocycles. The quantitative estimate of drug-likeness (QED) is 0.823. The summed E-state index contributed by atoms with van der Waals surface area (Å²) in [7, 11) is 0. The molecule has 0 aliphatic rings. The zero-order chi connectivity index (χ0) is 13.9. The van der Waals surface area contributed by atoms with E-state index in [1.165, 1.54) is 6.92 Å². The molecular formula is C11H11F4NO2. The second kappa shape index (κ2) is 5.24. The molecule has 1 aromatic carbocycles. The lowest BCUT2D eigenvalue weighted by Crippen LogP contribution is -2.20. The SMILES string of the molecule is CC(CNc1ccc(F)c(C(F)(F)F)c1)C(=O)O. The van der Waals surface area contributed by atoms with Gasteiger partial charge in [0, 0.05) is 12.2 Å². The van der Waals surface area contributed by atoms with Crippen LogP contribution in [0.15, 0.2) is 18.2 Å². The number of carboxylic acids is 1. The van der Waals surface area contributed by atoms with Crippen molar-refractivity contribution in [1.82, 2.24) is 0 Å². The summed E-state index contributed by atoms with van der Waals surface area (Å²) >= 11 is 0. The van der Waals surface area contributed by atoms with Crippen LogP contribution in [0.5, 0.6) is 0 Å². The molecule has 0 aromatic heterocycles. The lowest BCUT2D eigenvalue weighted by Gasteiger charge is -2.13. The summed E-state index contributed by atoms with van der Waals surface area (Å²) < 4.78 is 50.1. The first kappa shape index (κ1) is 14.3. The van der Waals surface area contributed by atoms with E-state index in [-0.39, 0.29) is 12.2 Å². The maximum atomic E-state index is 13.0. The first-order valence-electron chi connectivity index (χ1n) is 5.05. The molecule has 0 aliphatic heterocycles. The van der Waals surface area contributed by atoms with Crippen molar-refractivity contribution in [2.75, 3.05) is 11.9 Å². The van der Waals surface area contributed by atoms with E-state index in [0.717, 1.165) is 6.07 Å². The van der Waals surface area contributed by atoms with Crippen LogP contribution in [0.2, 0.25) is 0 Å². The zero-order valence-corrected chi connectivity index (χ0v) is 9.38. The lowest BCUT2D eigenvalue weighted by atomic mass is 10.1. The minimum absolute atomic E-state index is 0.0248. The molecule has 1 atom stereocenters. The summed E-state index contributed by atoms with van der Waals surface area (Å²) in [5.41, 5.74) is -1.35. The van der Waals surface area contributed by atoms with E-state index in [1.807, 2.05) is 0 Å². The largest absolute Gasteiger partial charge is 0.481 e. The van der Waals surface area contributed by atoms with Gasteiger partial charge in [0.15, 0.2) is 0 Å². The van der Waals surface area contributed by atoms with Gasteiger partial charge in [0.25, 0.3) is 0 Å². The summed E-state index contributed by atoms with van der Waals surface area (Å²) in [4.78, 5) is 10.5. The Morgan fingerprint density at radius 1 is 1.44 bits per heavy atom. The second-order valence-corrected chi connectivity index (χ2v) is 3.81. The molecule has 3 nitrogen and oxygen atoms in total. The van der Waals surface area contributed by atoms with Crippen molar-refractivity contribution in [1.29, 1.82) is 0 Å². The highest BCUT2D eigenvalue weighted by Crippen LogP contribution is 2.32. The summed E-state index contributed by atoms with van der Waals surface area (Å²) in [6.07, 6.45) is -4.78. The standard InChI is InChI=1S/C11H11F4NO2/c1-6(10(17)18)5-16-7-2-3-9(12)8(4-7)11(13,14)15/h2-4,6,16H,5H2,1H3,(H,17,18). The first-order chi connectivity index (χ1) is 8.21. The third-order valence-electron chi connectivity index (χ3n) is 2.31. The number of aliphatic carboxylic acids is 1. The lowest BCUT2D eigenvalue weighted by molar-refractivity contribution is -0.141. The summed E-state index contributed by atoms with van der Waals surface area (Å²) in [5, 5.41) is 11.1. The van der Waals surface area contributed by atoms with Crippen LogP contribution in [0.4, 0.5) is 23.2 Å². The number of carbonyl (C=O) groups is 1. The smallest absolute Gasteiger partial charge is 0.419 e. The molecule has 18 heavy (non-hydrogen) atoms. The summed E-state index contributed by atoms with van der Waals surface area (Å²) in [6, 6.07) is 2.43. The molecule has 2 N–H and O–H groups in total. The van der Waals surface area contributed by atoms with Crippen LogP contribution in [-0.2, 0) is 11.0 Å². The van der Waals surface area contributed by atoms with Crippen LogP contribution in [0.3, 0.4) is 0 Å². The zero-order valence-electron chi connectivity index (χ0n) is 9.38.